The molecule has 0 fully saturated rings. The molecule has 83 heavy (non-hydrogen) atoms. The third-order valence-corrected chi connectivity index (χ3v) is 24.3. The summed E-state index contributed by atoms with van der Waals surface area (Å²) < 4.78 is 78.4. The minimum absolute atomic E-state index is 0.113. The maximum atomic E-state index is 13.1. The van der Waals surface area contributed by atoms with Crippen LogP contribution in [0, 0.1) is 23.7 Å². The second-order valence-corrected chi connectivity index (χ2v) is 33.2. The summed E-state index contributed by atoms with van der Waals surface area (Å²) in [6.45, 7) is 26.6. The van der Waals surface area contributed by atoms with E-state index in [1.807, 2.05) is 97.1 Å². The highest BCUT2D eigenvalue weighted by Gasteiger charge is 2.38. The van der Waals surface area contributed by atoms with E-state index in [0.29, 0.717) is 65.7 Å². The number of carbonyl (C=O) groups is 2. The molecule has 4 aromatic rings. The second-order valence-electron chi connectivity index (χ2n) is 23.6. The smallest absolute Gasteiger partial charge is 0.332 e. The molecule has 0 N–H and O–H groups in total. The molecule has 0 saturated carbocycles. The van der Waals surface area contributed by atoms with E-state index in [1.54, 1.807) is 0 Å². The molecular weight excluding hydrogens is 1090 g/mol. The quantitative estimate of drug-likeness (QED) is 0.0183. The molecule has 2 aliphatic carbocycles. The predicted molar refractivity (Wildman–Crippen MR) is 324 cm³/mol. The van der Waals surface area contributed by atoms with E-state index < -0.39 is 46.9 Å². The van der Waals surface area contributed by atoms with Gasteiger partial charge in [-0.3, -0.25) is 0 Å². The molecule has 4 aromatic carbocycles. The van der Waals surface area contributed by atoms with Gasteiger partial charge in [0.05, 0.1) is 106 Å². The number of carbonyl (C=O) groups excluding carboxylic acids is 2. The number of rotatable bonds is 36. The lowest BCUT2D eigenvalue weighted by atomic mass is 9.92. The summed E-state index contributed by atoms with van der Waals surface area (Å²) in [7, 11) is -3.79. The van der Waals surface area contributed by atoms with Gasteiger partial charge in [-0.15, -0.1) is 0 Å². The molecule has 0 saturated heterocycles. The predicted octanol–water partition coefficient (Wildman–Crippen LogP) is 10.4. The van der Waals surface area contributed by atoms with Crippen LogP contribution in [0.1, 0.15) is 98.3 Å². The Labute approximate surface area is 496 Å². The molecular formula is C66H90O15Si2. The molecule has 0 radical (unpaired) electrons. The maximum Gasteiger partial charge on any atom is 0.332 e. The molecule has 2 atom stereocenters. The van der Waals surface area contributed by atoms with E-state index in [4.69, 9.17) is 61.0 Å². The Bertz CT molecular complexity index is 2570. The molecule has 452 valence electrons. The maximum absolute atomic E-state index is 13.1. The number of fused-ring (bicyclic) bond motifs is 4. The van der Waals surface area contributed by atoms with E-state index >= 15 is 0 Å². The lowest BCUT2D eigenvalue weighted by Crippen LogP contribution is -2.42. The van der Waals surface area contributed by atoms with Crippen LogP contribution in [-0.4, -0.2) is 160 Å². The van der Waals surface area contributed by atoms with Crippen molar-refractivity contribution in [2.45, 2.75) is 115 Å². The summed E-state index contributed by atoms with van der Waals surface area (Å²) in [5.74, 6) is 12.0. The second kappa shape index (κ2) is 34.2. The van der Waals surface area contributed by atoms with Gasteiger partial charge in [0.15, 0.2) is 16.6 Å². The Kier molecular flexibility index (Phi) is 27.6. The first-order valence-corrected chi connectivity index (χ1v) is 34.9. The van der Waals surface area contributed by atoms with E-state index in [1.165, 1.54) is 0 Å². The number of hydrogen-bond donors (Lipinski definition) is 0. The molecule has 15 nitrogen and oxygen atoms in total. The van der Waals surface area contributed by atoms with E-state index in [-0.39, 0.29) is 82.2 Å². The van der Waals surface area contributed by atoms with Crippen molar-refractivity contribution in [2.75, 3.05) is 119 Å². The molecule has 2 unspecified atom stereocenters. The van der Waals surface area contributed by atoms with Crippen molar-refractivity contribution < 1.29 is 70.5 Å². The first-order chi connectivity index (χ1) is 39.8. The van der Waals surface area contributed by atoms with E-state index in [2.05, 4.69) is 91.4 Å². The molecule has 2 aliphatic rings. The number of hydrogen-bond acceptors (Lipinski definition) is 15. The Hall–Kier alpha value is -5.07. The summed E-state index contributed by atoms with van der Waals surface area (Å²) in [5, 5.41) is 0.227. The molecule has 0 amide bonds. The zero-order valence-electron chi connectivity index (χ0n) is 50.8. The first kappa shape index (κ1) is 67.1. The molecule has 0 aromatic heterocycles. The van der Waals surface area contributed by atoms with E-state index in [9.17, 15) is 9.59 Å². The van der Waals surface area contributed by atoms with Crippen LogP contribution in [-0.2, 0) is 83.4 Å². The van der Waals surface area contributed by atoms with Crippen LogP contribution < -0.4 is 0 Å². The zero-order chi connectivity index (χ0) is 59.6. The number of esters is 2. The minimum atomic E-state index is -1.89. The highest BCUT2D eigenvalue weighted by molar-refractivity contribution is 6.74. The topological polar surface area (TPSA) is 154 Å². The van der Waals surface area contributed by atoms with Gasteiger partial charge >= 0.3 is 11.9 Å². The lowest BCUT2D eigenvalue weighted by molar-refractivity contribution is -0.156. The van der Waals surface area contributed by atoms with Crippen LogP contribution in [0.3, 0.4) is 0 Å². The average molecular weight is 1180 g/mol. The molecule has 17 heteroatoms. The van der Waals surface area contributed by atoms with Crippen molar-refractivity contribution in [1.82, 2.24) is 0 Å². The zero-order valence-corrected chi connectivity index (χ0v) is 52.8. The van der Waals surface area contributed by atoms with Crippen molar-refractivity contribution in [2.24, 2.45) is 0 Å². The largest absolute Gasteiger partial charge is 0.455 e. The fourth-order valence-electron chi connectivity index (χ4n) is 8.40. The van der Waals surface area contributed by atoms with Crippen LogP contribution in [0.15, 0.2) is 97.1 Å². The van der Waals surface area contributed by atoms with Gasteiger partial charge in [-0.25, -0.2) is 9.59 Å². The average Bonchev–Trinajstić information content (AvgIpc) is 3.44. The monoisotopic (exact) mass is 1180 g/mol. The molecule has 0 heterocycles. The van der Waals surface area contributed by atoms with E-state index in [0.717, 1.165) is 44.5 Å². The molecule has 0 aliphatic heterocycles. The highest BCUT2D eigenvalue weighted by atomic mass is 28.4. The van der Waals surface area contributed by atoms with Gasteiger partial charge in [0, 0.05) is 46.2 Å². The normalized spacial score (nSPS) is 15.4. The van der Waals surface area contributed by atoms with Crippen LogP contribution in [0.2, 0.25) is 36.3 Å². The fraction of sp³-hybridized carbons (Fsp3) is 0.545. The van der Waals surface area contributed by atoms with Crippen LogP contribution in [0.5, 0.6) is 0 Å². The Balaban J connectivity index is 0.938. The van der Waals surface area contributed by atoms with Crippen molar-refractivity contribution >= 4 is 28.6 Å². The third kappa shape index (κ3) is 23.0. The van der Waals surface area contributed by atoms with Crippen molar-refractivity contribution in [3.8, 4) is 23.7 Å². The third-order valence-electron chi connectivity index (χ3n) is 15.2. The van der Waals surface area contributed by atoms with Crippen LogP contribution >= 0.6 is 0 Å². The van der Waals surface area contributed by atoms with Gasteiger partial charge in [-0.1, -0.05) is 138 Å². The summed E-state index contributed by atoms with van der Waals surface area (Å²) >= 11 is 0. The van der Waals surface area contributed by atoms with Gasteiger partial charge in [0.25, 0.3) is 0 Å². The summed E-state index contributed by atoms with van der Waals surface area (Å²) in [6.07, 6.45) is -0.848. The highest BCUT2D eigenvalue weighted by Crippen LogP contribution is 2.37. The number of benzene rings is 4. The van der Waals surface area contributed by atoms with Gasteiger partial charge < -0.3 is 61.0 Å². The molecule has 0 spiro atoms. The minimum Gasteiger partial charge on any atom is -0.455 e. The van der Waals surface area contributed by atoms with Gasteiger partial charge in [0.2, 0.25) is 0 Å². The van der Waals surface area contributed by atoms with Crippen molar-refractivity contribution in [1.29, 1.82) is 0 Å². The SMILES string of the molecule is CC(C)(C)[Si](C)(C)OCCOCC(COCCO[Si](C)(C)C(C)(C)C)OCCOCCOC(COCCOCC(=O)OC1Cc2ccccc2C#Cc2ccccc21)COCCOCC(=O)OC1Cc2ccccc2C#Cc2ccccc21. The Morgan fingerprint density at radius 1 is 0.422 bits per heavy atom. The van der Waals surface area contributed by atoms with Crippen molar-refractivity contribution in [3.05, 3.63) is 142 Å². The number of ether oxygens (including phenoxy) is 11. The van der Waals surface area contributed by atoms with Crippen LogP contribution in [0.25, 0.3) is 0 Å². The Morgan fingerprint density at radius 3 is 1.12 bits per heavy atom. The summed E-state index contributed by atoms with van der Waals surface area (Å²) in [6, 6.07) is 31.2. The summed E-state index contributed by atoms with van der Waals surface area (Å²) in [4.78, 5) is 26.3. The summed E-state index contributed by atoms with van der Waals surface area (Å²) in [5.41, 5.74) is 7.20. The fourth-order valence-corrected chi connectivity index (χ4v) is 10.4. The molecule has 6 rings (SSSR count). The first-order valence-electron chi connectivity index (χ1n) is 29.1. The Morgan fingerprint density at radius 2 is 0.735 bits per heavy atom. The van der Waals surface area contributed by atoms with Gasteiger partial charge in [-0.2, -0.15) is 0 Å². The molecule has 0 bridgehead atoms. The lowest BCUT2D eigenvalue weighted by Gasteiger charge is -2.36. The van der Waals surface area contributed by atoms with Crippen molar-refractivity contribution in [3.63, 3.8) is 0 Å². The standard InChI is InChI=1S/C66H90O15Si2/c1-65(2,3)82(7,8)78-41-37-72-47-58(48-73-38-42-79-83(9,10)66(4,5)6)77-40-36-69-35-39-76-57(45-70-31-33-74-49-63(67)80-61-43-55-23-13-11-19-51(55)27-29-53-21-15-17-25-59(53)61)46-71-32-34-75-50-64(68)81-62-44-56-24-14-12-20-52(56)28-30-54-22-16-18-26-60(54)62/h11-26,57-58,61-62H,31-50H2,1-10H3. The van der Waals surface area contributed by atoms with Gasteiger partial charge in [-0.05, 0) is 71.7 Å². The van der Waals surface area contributed by atoms with Crippen LogP contribution in [0.4, 0.5) is 0 Å². The van der Waals surface area contributed by atoms with Gasteiger partial charge in [0.1, 0.15) is 37.6 Å².